The van der Waals surface area contributed by atoms with Crippen molar-refractivity contribution in [2.75, 3.05) is 0 Å². The first-order valence-electron chi connectivity index (χ1n) is 6.51. The molecule has 1 unspecified atom stereocenters. The first-order chi connectivity index (χ1) is 7.95. The molecule has 0 aliphatic heterocycles. The van der Waals surface area contributed by atoms with E-state index in [1.165, 1.54) is 43.9 Å². The summed E-state index contributed by atoms with van der Waals surface area (Å²) < 4.78 is 0. The van der Waals surface area contributed by atoms with Crippen molar-refractivity contribution in [3.63, 3.8) is 0 Å². The fraction of sp³-hybridized carbons (Fsp3) is 0.467. The van der Waals surface area contributed by atoms with Crippen molar-refractivity contribution in [3.8, 4) is 0 Å². The van der Waals surface area contributed by atoms with Crippen LogP contribution in [0.2, 0.25) is 0 Å². The zero-order chi connectivity index (χ0) is 10.8. The summed E-state index contributed by atoms with van der Waals surface area (Å²) in [7, 11) is 0.957. The van der Waals surface area contributed by atoms with Crippen molar-refractivity contribution in [1.29, 1.82) is 0 Å². The van der Waals surface area contributed by atoms with Crippen LogP contribution in [-0.2, 0) is 0 Å². The van der Waals surface area contributed by atoms with Crippen LogP contribution in [0.4, 0.5) is 0 Å². The molecule has 0 N–H and O–H groups in total. The van der Waals surface area contributed by atoms with Crippen LogP contribution in [0.5, 0.6) is 0 Å². The van der Waals surface area contributed by atoms with E-state index >= 15 is 0 Å². The Morgan fingerprint density at radius 1 is 0.938 bits per heavy atom. The maximum atomic E-state index is 2.44. The van der Waals surface area contributed by atoms with E-state index in [4.69, 9.17) is 0 Å². The highest BCUT2D eigenvalue weighted by Crippen LogP contribution is 2.41. The Labute approximate surface area is 99.1 Å². The summed E-state index contributed by atoms with van der Waals surface area (Å²) in [5, 5.41) is 4.81. The van der Waals surface area contributed by atoms with E-state index in [9.17, 15) is 0 Å². The molecule has 0 radical (unpaired) electrons. The lowest BCUT2D eigenvalue weighted by molar-refractivity contribution is 0.605. The maximum absolute atomic E-state index is 2.44. The van der Waals surface area contributed by atoms with Gasteiger partial charge in [0, 0.05) is 0 Å². The minimum absolute atomic E-state index is 0.890. The minimum atomic E-state index is 0.890. The number of benzene rings is 1. The SMILES string of the molecule is c1ccc2c(C3CCCCCC3)[pH]cc2c1. The molecule has 0 spiro atoms. The van der Waals surface area contributed by atoms with E-state index in [1.807, 2.05) is 0 Å². The zero-order valence-corrected chi connectivity index (χ0v) is 10.7. The Hall–Kier alpha value is -0.740. The Morgan fingerprint density at radius 2 is 1.69 bits per heavy atom. The smallest absolute Gasteiger partial charge is 0.0109 e. The van der Waals surface area contributed by atoms with E-state index in [0.29, 0.717) is 0 Å². The quantitative estimate of drug-likeness (QED) is 0.582. The van der Waals surface area contributed by atoms with Crippen LogP contribution in [0.1, 0.15) is 49.7 Å². The van der Waals surface area contributed by atoms with Crippen LogP contribution in [-0.4, -0.2) is 0 Å². The fourth-order valence-corrected chi connectivity index (χ4v) is 4.48. The van der Waals surface area contributed by atoms with Gasteiger partial charge in [-0.3, -0.25) is 0 Å². The summed E-state index contributed by atoms with van der Waals surface area (Å²) in [6, 6.07) is 8.95. The second kappa shape index (κ2) is 4.63. The summed E-state index contributed by atoms with van der Waals surface area (Å²) in [5.41, 5.74) is 0. The third-order valence-electron chi connectivity index (χ3n) is 3.90. The molecule has 0 saturated heterocycles. The van der Waals surface area contributed by atoms with Crippen molar-refractivity contribution >= 4 is 19.0 Å². The Balaban J connectivity index is 1.97. The molecule has 0 nitrogen and oxygen atoms in total. The van der Waals surface area contributed by atoms with Gasteiger partial charge in [-0.15, -0.1) is 8.19 Å². The van der Waals surface area contributed by atoms with E-state index in [2.05, 4.69) is 30.1 Å². The summed E-state index contributed by atoms with van der Waals surface area (Å²) in [6.07, 6.45) is 8.67. The van der Waals surface area contributed by atoms with Gasteiger partial charge in [-0.25, -0.2) is 0 Å². The molecule has 1 aromatic carbocycles. The number of hydrogen-bond acceptors (Lipinski definition) is 0. The van der Waals surface area contributed by atoms with Gasteiger partial charge in [0.2, 0.25) is 0 Å². The lowest BCUT2D eigenvalue weighted by Gasteiger charge is -2.13. The van der Waals surface area contributed by atoms with Crippen LogP contribution >= 0.6 is 8.19 Å². The van der Waals surface area contributed by atoms with Gasteiger partial charge >= 0.3 is 0 Å². The van der Waals surface area contributed by atoms with E-state index < -0.39 is 0 Å². The van der Waals surface area contributed by atoms with E-state index in [0.717, 1.165) is 14.1 Å². The molecule has 1 heteroatoms. The number of fused-ring (bicyclic) bond motifs is 1. The van der Waals surface area contributed by atoms with Gasteiger partial charge in [-0.1, -0.05) is 49.9 Å². The predicted molar refractivity (Wildman–Crippen MR) is 73.9 cm³/mol. The second-order valence-corrected chi connectivity index (χ2v) is 6.09. The first kappa shape index (κ1) is 10.4. The van der Waals surface area contributed by atoms with E-state index in [1.54, 1.807) is 10.7 Å². The van der Waals surface area contributed by atoms with Crippen molar-refractivity contribution in [1.82, 2.24) is 0 Å². The average molecular weight is 230 g/mol. The first-order valence-corrected chi connectivity index (χ1v) is 7.59. The normalized spacial score (nSPS) is 19.2. The van der Waals surface area contributed by atoms with Crippen molar-refractivity contribution in [2.45, 2.75) is 44.4 Å². The Bertz CT molecular complexity index is 461. The lowest BCUT2D eigenvalue weighted by Crippen LogP contribution is -1.93. The van der Waals surface area contributed by atoms with Crippen LogP contribution in [0, 0.1) is 0 Å². The highest BCUT2D eigenvalue weighted by molar-refractivity contribution is 7.31. The largest absolute Gasteiger partial charge is 0.135 e. The van der Waals surface area contributed by atoms with Gasteiger partial charge in [0.25, 0.3) is 0 Å². The third-order valence-corrected chi connectivity index (χ3v) is 5.34. The molecule has 2 aromatic rings. The summed E-state index contributed by atoms with van der Waals surface area (Å²) in [4.78, 5) is 0. The monoisotopic (exact) mass is 230 g/mol. The number of hydrogen-bond donors (Lipinski definition) is 0. The molecular formula is C15H19P. The van der Waals surface area contributed by atoms with Crippen LogP contribution in [0.15, 0.2) is 30.1 Å². The summed E-state index contributed by atoms with van der Waals surface area (Å²) in [5.74, 6) is 3.33. The standard InChI is InChI=1S/C15H19P/c1-2-4-8-12(7-3-1)15-14-10-6-5-9-13(14)11-16-15/h5-6,9-12,16H,1-4,7-8H2. The molecule has 1 aromatic heterocycles. The molecule has 0 amide bonds. The minimum Gasteiger partial charge on any atom is -0.135 e. The van der Waals surface area contributed by atoms with Gasteiger partial charge in [0.15, 0.2) is 0 Å². The molecule has 1 fully saturated rings. The van der Waals surface area contributed by atoms with Crippen LogP contribution < -0.4 is 0 Å². The molecule has 1 atom stereocenters. The van der Waals surface area contributed by atoms with Gasteiger partial charge in [0.1, 0.15) is 0 Å². The van der Waals surface area contributed by atoms with Gasteiger partial charge in [-0.2, -0.15) is 0 Å². The van der Waals surface area contributed by atoms with Gasteiger partial charge in [-0.05, 0) is 40.6 Å². The topological polar surface area (TPSA) is 0 Å². The maximum Gasteiger partial charge on any atom is -0.0109 e. The fourth-order valence-electron chi connectivity index (χ4n) is 3.01. The van der Waals surface area contributed by atoms with Gasteiger partial charge < -0.3 is 0 Å². The predicted octanol–water partition coefficient (Wildman–Crippen LogP) is 5.31. The highest BCUT2D eigenvalue weighted by atomic mass is 31.0. The molecular weight excluding hydrogens is 211 g/mol. The highest BCUT2D eigenvalue weighted by Gasteiger charge is 2.16. The van der Waals surface area contributed by atoms with Crippen LogP contribution in [0.25, 0.3) is 10.8 Å². The molecule has 3 rings (SSSR count). The Morgan fingerprint density at radius 3 is 2.50 bits per heavy atom. The van der Waals surface area contributed by atoms with Crippen molar-refractivity contribution in [2.24, 2.45) is 0 Å². The van der Waals surface area contributed by atoms with E-state index in [-0.39, 0.29) is 0 Å². The molecule has 1 aliphatic rings. The average Bonchev–Trinajstić information content (AvgIpc) is 2.57. The molecule has 16 heavy (non-hydrogen) atoms. The molecule has 1 saturated carbocycles. The Kier molecular flexibility index (Phi) is 3.02. The summed E-state index contributed by atoms with van der Waals surface area (Å²) >= 11 is 0. The molecule has 0 bridgehead atoms. The number of rotatable bonds is 1. The van der Waals surface area contributed by atoms with Crippen molar-refractivity contribution in [3.05, 3.63) is 35.4 Å². The molecule has 84 valence electrons. The second-order valence-electron chi connectivity index (χ2n) is 4.98. The zero-order valence-electron chi connectivity index (χ0n) is 9.71. The third kappa shape index (κ3) is 1.92. The lowest BCUT2D eigenvalue weighted by atomic mass is 9.96. The summed E-state index contributed by atoms with van der Waals surface area (Å²) in [6.45, 7) is 0. The van der Waals surface area contributed by atoms with Crippen molar-refractivity contribution < 1.29 is 0 Å². The van der Waals surface area contributed by atoms with Crippen LogP contribution in [0.3, 0.4) is 0 Å². The molecule has 1 aliphatic carbocycles. The van der Waals surface area contributed by atoms with Gasteiger partial charge in [0.05, 0.1) is 0 Å². The molecule has 1 heterocycles.